The molecule has 0 unspecified atom stereocenters. The van der Waals surface area contributed by atoms with Crippen molar-refractivity contribution in [2.75, 3.05) is 20.3 Å². The first kappa shape index (κ1) is 16.1. The molecule has 4 rings (SSSR count). The van der Waals surface area contributed by atoms with Gasteiger partial charge in [-0.1, -0.05) is 12.1 Å². The maximum Gasteiger partial charge on any atom is 0.254 e. The second-order valence-electron chi connectivity index (χ2n) is 6.90. The van der Waals surface area contributed by atoms with Crippen LogP contribution < -0.4 is 4.74 Å². The lowest BCUT2D eigenvalue weighted by Gasteiger charge is -2.33. The van der Waals surface area contributed by atoms with E-state index in [9.17, 15) is 4.79 Å². The van der Waals surface area contributed by atoms with Crippen molar-refractivity contribution < 1.29 is 14.3 Å². The van der Waals surface area contributed by atoms with Gasteiger partial charge in [-0.15, -0.1) is 0 Å². The van der Waals surface area contributed by atoms with Crippen LogP contribution in [-0.2, 0) is 22.5 Å². The van der Waals surface area contributed by atoms with Crippen LogP contribution in [0.1, 0.15) is 31.2 Å². The molecule has 1 amide bonds. The summed E-state index contributed by atoms with van der Waals surface area (Å²) in [4.78, 5) is 22.8. The largest absolute Gasteiger partial charge is 0.497 e. The molecule has 6 heteroatoms. The molecule has 1 aromatic heterocycles. The number of nitrogens with zero attached hydrogens (tertiary/aromatic N) is 2. The van der Waals surface area contributed by atoms with E-state index in [-0.39, 0.29) is 5.91 Å². The zero-order valence-corrected chi connectivity index (χ0v) is 14.7. The highest BCUT2D eigenvalue weighted by molar-refractivity contribution is 5.85. The van der Waals surface area contributed by atoms with Gasteiger partial charge in [-0.25, -0.2) is 4.98 Å². The van der Waals surface area contributed by atoms with Gasteiger partial charge in [-0.3, -0.25) is 4.79 Å². The lowest BCUT2D eigenvalue weighted by atomic mass is 9.99. The van der Waals surface area contributed by atoms with E-state index in [1.165, 1.54) is 0 Å². The van der Waals surface area contributed by atoms with Gasteiger partial charge in [0.15, 0.2) is 0 Å². The third kappa shape index (κ3) is 2.91. The first-order valence-corrected chi connectivity index (χ1v) is 8.74. The number of nitrogens with one attached hydrogen (secondary N) is 1. The minimum atomic E-state index is -0.660. The van der Waals surface area contributed by atoms with Gasteiger partial charge in [0.25, 0.3) is 5.91 Å². The number of methoxy groups -OCH3 is 1. The van der Waals surface area contributed by atoms with Crippen molar-refractivity contribution in [3.63, 3.8) is 0 Å². The van der Waals surface area contributed by atoms with Crippen molar-refractivity contribution >= 4 is 5.91 Å². The van der Waals surface area contributed by atoms with Crippen LogP contribution in [0.4, 0.5) is 0 Å². The number of hydrogen-bond acceptors (Lipinski definition) is 4. The van der Waals surface area contributed by atoms with Crippen molar-refractivity contribution in [3.05, 3.63) is 35.7 Å². The number of ether oxygens (including phenoxy) is 2. The lowest BCUT2D eigenvalue weighted by Crippen LogP contribution is -2.48. The molecule has 0 saturated carbocycles. The van der Waals surface area contributed by atoms with Crippen LogP contribution in [0.2, 0.25) is 0 Å². The summed E-state index contributed by atoms with van der Waals surface area (Å²) in [5.41, 5.74) is 2.38. The Labute approximate surface area is 147 Å². The monoisotopic (exact) mass is 341 g/mol. The minimum absolute atomic E-state index is 0.0909. The number of imidazole rings is 1. The summed E-state index contributed by atoms with van der Waals surface area (Å²) >= 11 is 0. The van der Waals surface area contributed by atoms with Gasteiger partial charge >= 0.3 is 0 Å². The van der Waals surface area contributed by atoms with Crippen molar-refractivity contribution in [3.8, 4) is 17.1 Å². The second-order valence-corrected chi connectivity index (χ2v) is 6.90. The SMILES string of the molecule is COc1cccc(-c2nc3c([nH]2)CN(C(=O)[C@@]2(C)CCCO2)CC3)c1. The molecule has 2 aliphatic rings. The summed E-state index contributed by atoms with van der Waals surface area (Å²) in [5.74, 6) is 1.71. The number of aromatic nitrogens is 2. The van der Waals surface area contributed by atoms with Gasteiger partial charge in [0.05, 0.1) is 25.0 Å². The summed E-state index contributed by atoms with van der Waals surface area (Å²) in [6.07, 6.45) is 2.51. The van der Waals surface area contributed by atoms with E-state index in [2.05, 4.69) is 4.98 Å². The summed E-state index contributed by atoms with van der Waals surface area (Å²) in [6.45, 7) is 3.83. The van der Waals surface area contributed by atoms with Crippen LogP contribution in [0.3, 0.4) is 0 Å². The molecule has 1 N–H and O–H groups in total. The molecular formula is C19H23N3O3. The molecule has 1 atom stereocenters. The maximum atomic E-state index is 12.8. The number of hydrogen-bond donors (Lipinski definition) is 1. The zero-order valence-electron chi connectivity index (χ0n) is 14.7. The van der Waals surface area contributed by atoms with Gasteiger partial charge in [0.1, 0.15) is 17.2 Å². The number of carbonyl (C=O) groups is 1. The smallest absolute Gasteiger partial charge is 0.254 e. The number of H-pyrrole nitrogens is 1. The molecule has 6 nitrogen and oxygen atoms in total. The topological polar surface area (TPSA) is 67.5 Å². The molecule has 0 bridgehead atoms. The van der Waals surface area contributed by atoms with Gasteiger partial charge in [-0.2, -0.15) is 0 Å². The fourth-order valence-corrected chi connectivity index (χ4v) is 3.66. The third-order valence-electron chi connectivity index (χ3n) is 5.13. The summed E-state index contributed by atoms with van der Waals surface area (Å²) in [5, 5.41) is 0. The summed E-state index contributed by atoms with van der Waals surface area (Å²) in [6, 6.07) is 7.82. The molecule has 0 spiro atoms. The summed E-state index contributed by atoms with van der Waals surface area (Å²) in [7, 11) is 1.65. The molecule has 132 valence electrons. The van der Waals surface area contributed by atoms with Crippen LogP contribution in [-0.4, -0.2) is 46.6 Å². The number of carbonyl (C=O) groups excluding carboxylic acids is 1. The molecule has 0 radical (unpaired) electrons. The van der Waals surface area contributed by atoms with Crippen LogP contribution in [0.25, 0.3) is 11.4 Å². The Morgan fingerprint density at radius 1 is 1.44 bits per heavy atom. The molecule has 2 aliphatic heterocycles. The third-order valence-corrected chi connectivity index (χ3v) is 5.13. The van der Waals surface area contributed by atoms with Crippen LogP contribution in [0.15, 0.2) is 24.3 Å². The number of rotatable bonds is 3. The Balaban J connectivity index is 1.56. The second kappa shape index (κ2) is 6.19. The number of amides is 1. The summed E-state index contributed by atoms with van der Waals surface area (Å²) < 4.78 is 11.0. The molecule has 25 heavy (non-hydrogen) atoms. The fourth-order valence-electron chi connectivity index (χ4n) is 3.66. The first-order valence-electron chi connectivity index (χ1n) is 8.74. The van der Waals surface area contributed by atoms with Gasteiger partial charge in [0, 0.05) is 25.1 Å². The van der Waals surface area contributed by atoms with Crippen molar-refractivity contribution in [2.45, 2.75) is 38.3 Å². The Morgan fingerprint density at radius 3 is 3.08 bits per heavy atom. The maximum absolute atomic E-state index is 12.8. The Bertz CT molecular complexity index is 793. The molecule has 3 heterocycles. The number of aromatic amines is 1. The number of fused-ring (bicyclic) bond motifs is 1. The normalized spacial score (nSPS) is 22.7. The van der Waals surface area contributed by atoms with E-state index in [0.29, 0.717) is 19.7 Å². The van der Waals surface area contributed by atoms with Gasteiger partial charge in [-0.05, 0) is 31.9 Å². The zero-order chi connectivity index (χ0) is 17.4. The predicted molar refractivity (Wildman–Crippen MR) is 93.3 cm³/mol. The van der Waals surface area contributed by atoms with E-state index in [0.717, 1.165) is 47.8 Å². The average molecular weight is 341 g/mol. The van der Waals surface area contributed by atoms with E-state index >= 15 is 0 Å². The highest BCUT2D eigenvalue weighted by Gasteiger charge is 2.41. The Hall–Kier alpha value is -2.34. The highest BCUT2D eigenvalue weighted by atomic mass is 16.5. The minimum Gasteiger partial charge on any atom is -0.497 e. The molecule has 1 fully saturated rings. The molecule has 1 aromatic carbocycles. The highest BCUT2D eigenvalue weighted by Crippen LogP contribution is 2.30. The van der Waals surface area contributed by atoms with Gasteiger partial charge in [0.2, 0.25) is 0 Å². The van der Waals surface area contributed by atoms with Gasteiger partial charge < -0.3 is 19.4 Å². The molecular weight excluding hydrogens is 318 g/mol. The fraction of sp³-hybridized carbons (Fsp3) is 0.474. The van der Waals surface area contributed by atoms with E-state index in [4.69, 9.17) is 14.5 Å². The first-order chi connectivity index (χ1) is 12.1. The van der Waals surface area contributed by atoms with Crippen molar-refractivity contribution in [1.29, 1.82) is 0 Å². The lowest BCUT2D eigenvalue weighted by molar-refractivity contribution is -0.152. The van der Waals surface area contributed by atoms with Crippen LogP contribution in [0.5, 0.6) is 5.75 Å². The van der Waals surface area contributed by atoms with E-state index in [1.54, 1.807) is 7.11 Å². The van der Waals surface area contributed by atoms with E-state index < -0.39 is 5.60 Å². The average Bonchev–Trinajstić information content (AvgIpc) is 3.27. The standard InChI is InChI=1S/C19H23N3O3/c1-19(8-4-10-25-19)18(23)22-9-7-15-16(12-22)21-17(20-15)13-5-3-6-14(11-13)24-2/h3,5-6,11H,4,7-10,12H2,1-2H3,(H,20,21)/t19-/m1/s1. The number of benzene rings is 1. The Kier molecular flexibility index (Phi) is 4.00. The van der Waals surface area contributed by atoms with E-state index in [1.807, 2.05) is 36.1 Å². The Morgan fingerprint density at radius 2 is 2.32 bits per heavy atom. The molecule has 0 aliphatic carbocycles. The quantitative estimate of drug-likeness (QED) is 0.932. The van der Waals surface area contributed by atoms with Crippen LogP contribution in [0, 0.1) is 0 Å². The molecule has 2 aromatic rings. The van der Waals surface area contributed by atoms with Crippen LogP contribution >= 0.6 is 0 Å². The predicted octanol–water partition coefficient (Wildman–Crippen LogP) is 2.54. The van der Waals surface area contributed by atoms with Crippen molar-refractivity contribution in [2.24, 2.45) is 0 Å². The van der Waals surface area contributed by atoms with Crippen molar-refractivity contribution in [1.82, 2.24) is 14.9 Å². The molecule has 1 saturated heterocycles.